The van der Waals surface area contributed by atoms with E-state index in [1.807, 2.05) is 24.0 Å². The van der Waals surface area contributed by atoms with Gasteiger partial charge in [0.1, 0.15) is 0 Å². The van der Waals surface area contributed by atoms with Crippen LogP contribution in [0.5, 0.6) is 0 Å². The Morgan fingerprint density at radius 1 is 1.47 bits per heavy atom. The molecule has 1 heterocycles. The van der Waals surface area contributed by atoms with Gasteiger partial charge in [0.2, 0.25) is 0 Å². The van der Waals surface area contributed by atoms with Crippen LogP contribution in [0, 0.1) is 6.92 Å². The van der Waals surface area contributed by atoms with Crippen molar-refractivity contribution in [1.82, 2.24) is 4.90 Å². The van der Waals surface area contributed by atoms with E-state index in [9.17, 15) is 4.79 Å². The highest BCUT2D eigenvalue weighted by Crippen LogP contribution is 2.27. The number of amides is 1. The summed E-state index contributed by atoms with van der Waals surface area (Å²) in [6.45, 7) is 4.93. The Morgan fingerprint density at radius 3 is 2.89 bits per heavy atom. The Bertz CT molecular complexity index is 487. The largest absolute Gasteiger partial charge is 0.398 e. The first-order chi connectivity index (χ1) is 9.04. The summed E-state index contributed by atoms with van der Waals surface area (Å²) in [5, 5.41) is 0. The number of nitrogens with zero attached hydrogens (tertiary/aromatic N) is 1. The number of hydrogen-bond acceptors (Lipinski definition) is 2. The van der Waals surface area contributed by atoms with Crippen LogP contribution < -0.4 is 5.73 Å². The number of halogens is 1. The van der Waals surface area contributed by atoms with E-state index >= 15 is 0 Å². The van der Waals surface area contributed by atoms with Gasteiger partial charge in [-0.05, 0) is 50.3 Å². The Morgan fingerprint density at radius 2 is 2.21 bits per heavy atom. The van der Waals surface area contributed by atoms with Crippen molar-refractivity contribution in [2.75, 3.05) is 12.3 Å². The molecule has 1 amide bonds. The third-order valence-electron chi connectivity index (χ3n) is 4.00. The maximum atomic E-state index is 12.7. The summed E-state index contributed by atoms with van der Waals surface area (Å²) in [7, 11) is 0. The van der Waals surface area contributed by atoms with Crippen LogP contribution >= 0.6 is 15.9 Å². The number of carbonyl (C=O) groups is 1. The van der Waals surface area contributed by atoms with Crippen LogP contribution in [0.25, 0.3) is 0 Å². The predicted octanol–water partition coefficient (Wildman–Crippen LogP) is 3.74. The number of nitrogen functional groups attached to an aromatic ring is 1. The number of nitrogens with two attached hydrogens (primary N) is 1. The van der Waals surface area contributed by atoms with Crippen molar-refractivity contribution in [2.24, 2.45) is 0 Å². The minimum Gasteiger partial charge on any atom is -0.398 e. The number of piperidine rings is 1. The minimum absolute atomic E-state index is 0.122. The summed E-state index contributed by atoms with van der Waals surface area (Å²) >= 11 is 3.42. The number of carbonyl (C=O) groups excluding carboxylic acids is 1. The van der Waals surface area contributed by atoms with Gasteiger partial charge in [-0.25, -0.2) is 0 Å². The molecule has 2 N–H and O–H groups in total. The zero-order valence-corrected chi connectivity index (χ0v) is 13.2. The molecule has 0 aliphatic carbocycles. The van der Waals surface area contributed by atoms with Gasteiger partial charge in [0.15, 0.2) is 0 Å². The molecule has 1 aliphatic rings. The molecular weight excluding hydrogens is 304 g/mol. The smallest absolute Gasteiger partial charge is 0.254 e. The van der Waals surface area contributed by atoms with Crippen molar-refractivity contribution >= 4 is 27.5 Å². The first kappa shape index (κ1) is 14.4. The standard InChI is InChI=1S/C15H21BrN2O/c1-3-12-6-4-5-7-18(12)15(19)13-8-11(16)9-14(17)10(13)2/h8-9,12H,3-7,17H2,1-2H3. The molecule has 0 saturated carbocycles. The van der Waals surface area contributed by atoms with E-state index in [0.717, 1.165) is 41.4 Å². The predicted molar refractivity (Wildman–Crippen MR) is 82.3 cm³/mol. The van der Waals surface area contributed by atoms with Gasteiger partial charge in [-0.15, -0.1) is 0 Å². The average Bonchev–Trinajstić information content (AvgIpc) is 2.42. The lowest BCUT2D eigenvalue weighted by atomic mass is 9.97. The molecular formula is C15H21BrN2O. The molecule has 1 atom stereocenters. The summed E-state index contributed by atoms with van der Waals surface area (Å²) < 4.78 is 0.865. The Balaban J connectivity index is 2.33. The average molecular weight is 325 g/mol. The summed E-state index contributed by atoms with van der Waals surface area (Å²) in [5.41, 5.74) is 8.24. The first-order valence-electron chi connectivity index (χ1n) is 6.91. The van der Waals surface area contributed by atoms with Crippen LogP contribution in [0.2, 0.25) is 0 Å². The molecule has 2 rings (SSSR count). The summed E-state index contributed by atoms with van der Waals surface area (Å²) in [6.07, 6.45) is 4.46. The molecule has 0 bridgehead atoms. The summed E-state index contributed by atoms with van der Waals surface area (Å²) in [6, 6.07) is 4.11. The lowest BCUT2D eigenvalue weighted by molar-refractivity contribution is 0.0607. The zero-order chi connectivity index (χ0) is 14.0. The monoisotopic (exact) mass is 324 g/mol. The molecule has 1 fully saturated rings. The van der Waals surface area contributed by atoms with E-state index in [1.165, 1.54) is 6.42 Å². The van der Waals surface area contributed by atoms with Gasteiger partial charge in [0, 0.05) is 28.3 Å². The van der Waals surface area contributed by atoms with Crippen molar-refractivity contribution in [1.29, 1.82) is 0 Å². The van der Waals surface area contributed by atoms with Gasteiger partial charge in [0.25, 0.3) is 5.91 Å². The van der Waals surface area contributed by atoms with Crippen LogP contribution in [0.1, 0.15) is 48.5 Å². The maximum Gasteiger partial charge on any atom is 0.254 e. The molecule has 19 heavy (non-hydrogen) atoms. The van der Waals surface area contributed by atoms with Crippen molar-refractivity contribution in [2.45, 2.75) is 45.6 Å². The molecule has 1 unspecified atom stereocenters. The highest BCUT2D eigenvalue weighted by Gasteiger charge is 2.27. The molecule has 1 aromatic carbocycles. The minimum atomic E-state index is 0.122. The van der Waals surface area contributed by atoms with Crippen LogP contribution in [0.3, 0.4) is 0 Å². The normalized spacial score (nSPS) is 19.5. The number of hydrogen-bond donors (Lipinski definition) is 1. The van der Waals surface area contributed by atoms with Gasteiger partial charge in [0.05, 0.1) is 0 Å². The molecule has 1 saturated heterocycles. The number of likely N-dealkylation sites (tertiary alicyclic amines) is 1. The SMILES string of the molecule is CCC1CCCCN1C(=O)c1cc(Br)cc(N)c1C. The van der Waals surface area contributed by atoms with Crippen molar-refractivity contribution in [3.63, 3.8) is 0 Å². The van der Waals surface area contributed by atoms with Crippen molar-refractivity contribution in [3.8, 4) is 0 Å². The molecule has 104 valence electrons. The molecule has 0 spiro atoms. The molecule has 1 aromatic rings. The number of rotatable bonds is 2. The lowest BCUT2D eigenvalue weighted by Gasteiger charge is -2.35. The lowest BCUT2D eigenvalue weighted by Crippen LogP contribution is -2.43. The second-order valence-electron chi connectivity index (χ2n) is 5.22. The maximum absolute atomic E-state index is 12.7. The van der Waals surface area contributed by atoms with E-state index in [2.05, 4.69) is 22.9 Å². The highest BCUT2D eigenvalue weighted by atomic mass is 79.9. The van der Waals surface area contributed by atoms with Crippen LogP contribution in [0.4, 0.5) is 5.69 Å². The molecule has 0 radical (unpaired) electrons. The fraction of sp³-hybridized carbons (Fsp3) is 0.533. The molecule has 1 aliphatic heterocycles. The first-order valence-corrected chi connectivity index (χ1v) is 7.70. The fourth-order valence-electron chi connectivity index (χ4n) is 2.77. The van der Waals surface area contributed by atoms with Crippen molar-refractivity contribution < 1.29 is 4.79 Å². The summed E-state index contributed by atoms with van der Waals surface area (Å²) in [4.78, 5) is 14.8. The van der Waals surface area contributed by atoms with Gasteiger partial charge < -0.3 is 10.6 Å². The van der Waals surface area contributed by atoms with E-state index < -0.39 is 0 Å². The quantitative estimate of drug-likeness (QED) is 0.842. The highest BCUT2D eigenvalue weighted by molar-refractivity contribution is 9.10. The van der Waals surface area contributed by atoms with Gasteiger partial charge in [-0.1, -0.05) is 22.9 Å². The Kier molecular flexibility index (Phi) is 4.50. The van der Waals surface area contributed by atoms with Crippen LogP contribution in [-0.4, -0.2) is 23.4 Å². The number of anilines is 1. The Labute approximate surface area is 123 Å². The van der Waals surface area contributed by atoms with Gasteiger partial charge in [-0.2, -0.15) is 0 Å². The van der Waals surface area contributed by atoms with Crippen LogP contribution in [0.15, 0.2) is 16.6 Å². The van der Waals surface area contributed by atoms with E-state index in [-0.39, 0.29) is 5.91 Å². The zero-order valence-electron chi connectivity index (χ0n) is 11.6. The summed E-state index contributed by atoms with van der Waals surface area (Å²) in [5.74, 6) is 0.122. The van der Waals surface area contributed by atoms with E-state index in [0.29, 0.717) is 11.7 Å². The molecule has 4 heteroatoms. The van der Waals surface area contributed by atoms with Crippen molar-refractivity contribution in [3.05, 3.63) is 27.7 Å². The fourth-order valence-corrected chi connectivity index (χ4v) is 3.24. The van der Waals surface area contributed by atoms with E-state index in [4.69, 9.17) is 5.73 Å². The second-order valence-corrected chi connectivity index (χ2v) is 6.14. The number of benzene rings is 1. The second kappa shape index (κ2) is 5.95. The molecule has 3 nitrogen and oxygen atoms in total. The van der Waals surface area contributed by atoms with Gasteiger partial charge in [-0.3, -0.25) is 4.79 Å². The van der Waals surface area contributed by atoms with E-state index in [1.54, 1.807) is 0 Å². The third-order valence-corrected chi connectivity index (χ3v) is 4.46. The van der Waals surface area contributed by atoms with Crippen LogP contribution in [-0.2, 0) is 0 Å². The Hall–Kier alpha value is -1.03. The third kappa shape index (κ3) is 2.94. The van der Waals surface area contributed by atoms with Gasteiger partial charge >= 0.3 is 0 Å². The molecule has 0 aromatic heterocycles. The topological polar surface area (TPSA) is 46.3 Å².